The summed E-state index contributed by atoms with van der Waals surface area (Å²) in [6.07, 6.45) is 9.80. The summed E-state index contributed by atoms with van der Waals surface area (Å²) in [5.74, 6) is 0. The van der Waals surface area contributed by atoms with E-state index in [1.54, 1.807) is 23.6 Å². The van der Waals surface area contributed by atoms with Crippen LogP contribution < -0.4 is 4.80 Å². The van der Waals surface area contributed by atoms with Crippen LogP contribution in [0, 0.1) is 0 Å². The molecule has 4 rings (SSSR count). The summed E-state index contributed by atoms with van der Waals surface area (Å²) in [5.41, 5.74) is 2.75. The molecule has 1 N–H and O–H groups in total. The molecule has 1 aromatic carbocycles. The third-order valence-corrected chi connectivity index (χ3v) is 6.07. The van der Waals surface area contributed by atoms with Gasteiger partial charge in [0.15, 0.2) is 0 Å². The number of rotatable bonds is 4. The Morgan fingerprint density at radius 2 is 2.00 bits per heavy atom. The van der Waals surface area contributed by atoms with Crippen LogP contribution in [0.5, 0.6) is 0 Å². The van der Waals surface area contributed by atoms with E-state index < -0.39 is 0 Å². The van der Waals surface area contributed by atoms with Gasteiger partial charge in [0, 0.05) is 22.2 Å². The molecule has 0 unspecified atom stereocenters. The fraction of sp³-hybridized carbons (Fsp3) is 0.300. The van der Waals surface area contributed by atoms with Gasteiger partial charge in [-0.1, -0.05) is 42.5 Å². The fourth-order valence-electron chi connectivity index (χ4n) is 3.29. The maximum atomic E-state index is 6.46. The first-order chi connectivity index (χ1) is 13.2. The predicted molar refractivity (Wildman–Crippen MR) is 114 cm³/mol. The van der Waals surface area contributed by atoms with Gasteiger partial charge in [-0.25, -0.2) is 4.68 Å². The summed E-state index contributed by atoms with van der Waals surface area (Å²) in [6, 6.07) is 9.83. The van der Waals surface area contributed by atoms with Crippen molar-refractivity contribution in [2.75, 3.05) is 0 Å². The van der Waals surface area contributed by atoms with Gasteiger partial charge in [-0.3, -0.25) is 4.99 Å². The molecule has 1 aliphatic carbocycles. The minimum absolute atomic E-state index is 0.373. The van der Waals surface area contributed by atoms with E-state index >= 15 is 0 Å². The lowest BCUT2D eigenvalue weighted by atomic mass is 9.96. The Morgan fingerprint density at radius 1 is 1.15 bits per heavy atom. The van der Waals surface area contributed by atoms with Crippen LogP contribution in [0.4, 0.5) is 0 Å². The normalized spacial score (nSPS) is 16.4. The molecule has 27 heavy (non-hydrogen) atoms. The highest BCUT2D eigenvalue weighted by Gasteiger charge is 2.15. The Bertz CT molecular complexity index is 995. The van der Waals surface area contributed by atoms with E-state index in [1.165, 1.54) is 19.3 Å². The zero-order valence-electron chi connectivity index (χ0n) is 14.7. The number of thiazole rings is 1. The largest absolute Gasteiger partial charge is 0.360 e. The van der Waals surface area contributed by atoms with Gasteiger partial charge in [0.2, 0.25) is 4.80 Å². The van der Waals surface area contributed by atoms with Crippen LogP contribution >= 0.6 is 34.5 Å². The predicted octanol–water partition coefficient (Wildman–Crippen LogP) is 5.97. The molecule has 0 saturated heterocycles. The van der Waals surface area contributed by atoms with Crippen molar-refractivity contribution in [1.29, 1.82) is 0 Å². The number of nitrogens with one attached hydrogen (secondary N) is 1. The van der Waals surface area contributed by atoms with Crippen molar-refractivity contribution < 1.29 is 0 Å². The summed E-state index contributed by atoms with van der Waals surface area (Å²) in [4.78, 5) is 9.04. The smallest absolute Gasteiger partial charge is 0.206 e. The Labute approximate surface area is 172 Å². The van der Waals surface area contributed by atoms with E-state index in [0.29, 0.717) is 16.1 Å². The SMILES string of the molecule is Clc1ccc(-c2csc(=NC3CCCCC3)n2N=Cc2ccc[nH]2)c(Cl)c1. The molecule has 4 nitrogen and oxygen atoms in total. The summed E-state index contributed by atoms with van der Waals surface area (Å²) in [6.45, 7) is 0. The molecular weight excluding hydrogens is 399 g/mol. The lowest BCUT2D eigenvalue weighted by molar-refractivity contribution is 0.435. The average molecular weight is 419 g/mol. The van der Waals surface area contributed by atoms with Crippen LogP contribution in [0.2, 0.25) is 10.0 Å². The van der Waals surface area contributed by atoms with Crippen LogP contribution in [-0.2, 0) is 0 Å². The highest BCUT2D eigenvalue weighted by molar-refractivity contribution is 7.07. The lowest BCUT2D eigenvalue weighted by Gasteiger charge is -2.16. The van der Waals surface area contributed by atoms with Gasteiger partial charge in [0.25, 0.3) is 0 Å². The summed E-state index contributed by atoms with van der Waals surface area (Å²) < 4.78 is 1.88. The monoisotopic (exact) mass is 418 g/mol. The van der Waals surface area contributed by atoms with Crippen molar-refractivity contribution in [2.45, 2.75) is 38.1 Å². The summed E-state index contributed by atoms with van der Waals surface area (Å²) in [7, 11) is 0. The quantitative estimate of drug-likeness (QED) is 0.507. The first-order valence-electron chi connectivity index (χ1n) is 9.08. The zero-order valence-corrected chi connectivity index (χ0v) is 17.1. The third-order valence-electron chi connectivity index (χ3n) is 4.69. The van der Waals surface area contributed by atoms with Gasteiger partial charge in [-0.05, 0) is 43.2 Å². The van der Waals surface area contributed by atoms with Crippen LogP contribution in [0.1, 0.15) is 37.8 Å². The molecule has 2 aromatic heterocycles. The van der Waals surface area contributed by atoms with Crippen LogP contribution in [-0.4, -0.2) is 21.9 Å². The molecule has 0 spiro atoms. The van der Waals surface area contributed by atoms with Gasteiger partial charge in [-0.2, -0.15) is 5.10 Å². The second kappa shape index (κ2) is 8.46. The number of H-pyrrole nitrogens is 1. The van der Waals surface area contributed by atoms with Gasteiger partial charge in [-0.15, -0.1) is 11.3 Å². The summed E-state index contributed by atoms with van der Waals surface area (Å²) >= 11 is 14.1. The maximum Gasteiger partial charge on any atom is 0.206 e. The number of benzene rings is 1. The molecule has 0 amide bonds. The van der Waals surface area contributed by atoms with Gasteiger partial charge < -0.3 is 4.98 Å². The molecule has 0 bridgehead atoms. The van der Waals surface area contributed by atoms with Crippen molar-refractivity contribution in [2.24, 2.45) is 10.1 Å². The van der Waals surface area contributed by atoms with E-state index in [9.17, 15) is 0 Å². The molecule has 1 fully saturated rings. The van der Waals surface area contributed by atoms with Crippen molar-refractivity contribution in [3.8, 4) is 11.3 Å². The molecule has 2 heterocycles. The Morgan fingerprint density at radius 3 is 2.74 bits per heavy atom. The minimum atomic E-state index is 0.373. The van der Waals surface area contributed by atoms with Gasteiger partial charge in [0.1, 0.15) is 0 Å². The average Bonchev–Trinajstić information content (AvgIpc) is 3.31. The third kappa shape index (κ3) is 4.37. The van der Waals surface area contributed by atoms with Crippen LogP contribution in [0.25, 0.3) is 11.3 Å². The Kier molecular flexibility index (Phi) is 5.81. The molecule has 140 valence electrons. The molecule has 1 aliphatic rings. The topological polar surface area (TPSA) is 45.4 Å². The molecule has 3 aromatic rings. The zero-order chi connectivity index (χ0) is 18.6. The van der Waals surface area contributed by atoms with Gasteiger partial charge in [0.05, 0.1) is 28.7 Å². The Hall–Kier alpha value is -1.82. The highest BCUT2D eigenvalue weighted by atomic mass is 35.5. The number of hydrogen-bond acceptors (Lipinski definition) is 3. The second-order valence-electron chi connectivity index (χ2n) is 6.63. The van der Waals surface area contributed by atoms with E-state index in [1.807, 2.05) is 35.1 Å². The first kappa shape index (κ1) is 18.5. The van der Waals surface area contributed by atoms with Crippen LogP contribution in [0.3, 0.4) is 0 Å². The van der Waals surface area contributed by atoms with E-state index in [-0.39, 0.29) is 0 Å². The molecule has 0 radical (unpaired) electrons. The maximum absolute atomic E-state index is 6.46. The molecule has 1 saturated carbocycles. The van der Waals surface area contributed by atoms with Crippen molar-refractivity contribution >= 4 is 40.8 Å². The van der Waals surface area contributed by atoms with Crippen molar-refractivity contribution in [3.05, 3.63) is 62.4 Å². The van der Waals surface area contributed by atoms with Gasteiger partial charge >= 0.3 is 0 Å². The lowest BCUT2D eigenvalue weighted by Crippen LogP contribution is -2.19. The van der Waals surface area contributed by atoms with Crippen LogP contribution in [0.15, 0.2) is 52.0 Å². The molecular formula is C20H20Cl2N4S. The van der Waals surface area contributed by atoms with Crippen molar-refractivity contribution in [1.82, 2.24) is 9.66 Å². The van der Waals surface area contributed by atoms with E-state index in [2.05, 4.69) is 10.4 Å². The minimum Gasteiger partial charge on any atom is -0.360 e. The number of aromatic nitrogens is 2. The number of hydrogen-bond donors (Lipinski definition) is 1. The fourth-order valence-corrected chi connectivity index (χ4v) is 4.70. The molecule has 0 aliphatic heterocycles. The molecule has 0 atom stereocenters. The van der Waals surface area contributed by atoms with E-state index in [0.717, 1.165) is 34.6 Å². The van der Waals surface area contributed by atoms with E-state index in [4.69, 9.17) is 33.3 Å². The Balaban J connectivity index is 1.79. The number of halogens is 2. The molecule has 7 heteroatoms. The second-order valence-corrected chi connectivity index (χ2v) is 8.31. The first-order valence-corrected chi connectivity index (χ1v) is 10.7. The standard InChI is InChI=1S/C20H20Cl2N4S/c21-14-8-9-17(18(22)11-14)19-13-27-20(25-15-5-2-1-3-6-15)26(19)24-12-16-7-4-10-23-16/h4,7-13,15,23H,1-3,5-6H2. The van der Waals surface area contributed by atoms with Crippen molar-refractivity contribution in [3.63, 3.8) is 0 Å². The highest BCUT2D eigenvalue weighted by Crippen LogP contribution is 2.31. The number of aromatic amines is 1. The number of nitrogens with zero attached hydrogens (tertiary/aromatic N) is 3. The summed E-state index contributed by atoms with van der Waals surface area (Å²) in [5, 5.41) is 7.98.